The number of sulfonamides is 1. The molecule has 0 atom stereocenters. The predicted octanol–water partition coefficient (Wildman–Crippen LogP) is 1.05. The number of nitrogens with zero attached hydrogens (tertiary/aromatic N) is 3. The lowest BCUT2D eigenvalue weighted by Crippen LogP contribution is -2.40. The molecule has 2 aliphatic rings. The van der Waals surface area contributed by atoms with E-state index in [0.717, 1.165) is 5.71 Å². The number of piperidine rings is 1. The summed E-state index contributed by atoms with van der Waals surface area (Å²) in [6.45, 7) is 4.30. The molecule has 2 fully saturated rings. The maximum absolute atomic E-state index is 12.8. The topological polar surface area (TPSA) is 118 Å². The van der Waals surface area contributed by atoms with E-state index >= 15 is 0 Å². The van der Waals surface area contributed by atoms with E-state index in [9.17, 15) is 18.0 Å². The first-order valence-electron chi connectivity index (χ1n) is 9.87. The lowest BCUT2D eigenvalue weighted by atomic mass is 10.1. The predicted molar refractivity (Wildman–Crippen MR) is 109 cm³/mol. The van der Waals surface area contributed by atoms with Crippen molar-refractivity contribution in [3.8, 4) is 0 Å². The summed E-state index contributed by atoms with van der Waals surface area (Å²) in [5.74, 6) is -0.491. The van der Waals surface area contributed by atoms with Crippen LogP contribution in [0.3, 0.4) is 0 Å². The third kappa shape index (κ3) is 5.35. The second kappa shape index (κ2) is 10.0. The smallest absolute Gasteiger partial charge is 0.409 e. The van der Waals surface area contributed by atoms with Crippen molar-refractivity contribution in [3.63, 3.8) is 0 Å². The van der Waals surface area contributed by atoms with Crippen LogP contribution in [0.5, 0.6) is 0 Å². The molecule has 0 bridgehead atoms. The van der Waals surface area contributed by atoms with Crippen molar-refractivity contribution in [2.45, 2.75) is 24.7 Å². The minimum atomic E-state index is -3.68. The molecule has 0 aliphatic carbocycles. The van der Waals surface area contributed by atoms with Crippen LogP contribution in [-0.4, -0.2) is 81.3 Å². The van der Waals surface area contributed by atoms with Crippen LogP contribution in [-0.2, 0) is 19.5 Å². The van der Waals surface area contributed by atoms with Crippen molar-refractivity contribution < 1.29 is 27.5 Å². The number of hydrazone groups is 1. The van der Waals surface area contributed by atoms with Gasteiger partial charge in [0.25, 0.3) is 5.91 Å². The molecule has 11 heteroatoms. The minimum Gasteiger partial charge on any atom is -0.450 e. The van der Waals surface area contributed by atoms with Gasteiger partial charge in [-0.25, -0.2) is 18.6 Å². The first kappa shape index (κ1) is 22.2. The van der Waals surface area contributed by atoms with Crippen LogP contribution in [0.15, 0.2) is 34.3 Å². The molecular weight excluding hydrogens is 412 g/mol. The first-order valence-corrected chi connectivity index (χ1v) is 11.3. The zero-order valence-electron chi connectivity index (χ0n) is 16.9. The van der Waals surface area contributed by atoms with Gasteiger partial charge in [-0.05, 0) is 25.1 Å². The Morgan fingerprint density at radius 1 is 1.17 bits per heavy atom. The molecule has 2 heterocycles. The van der Waals surface area contributed by atoms with Crippen LogP contribution in [0, 0.1) is 0 Å². The molecule has 0 aromatic heterocycles. The van der Waals surface area contributed by atoms with E-state index in [1.54, 1.807) is 11.8 Å². The fourth-order valence-corrected chi connectivity index (χ4v) is 4.66. The number of benzene rings is 1. The van der Waals surface area contributed by atoms with Gasteiger partial charge in [0.05, 0.1) is 24.7 Å². The van der Waals surface area contributed by atoms with E-state index in [4.69, 9.17) is 9.47 Å². The number of hydrogen-bond acceptors (Lipinski definition) is 7. The first-order chi connectivity index (χ1) is 14.4. The van der Waals surface area contributed by atoms with Gasteiger partial charge < -0.3 is 14.4 Å². The quantitative estimate of drug-likeness (QED) is 0.687. The Morgan fingerprint density at radius 3 is 2.53 bits per heavy atom. The van der Waals surface area contributed by atoms with Gasteiger partial charge >= 0.3 is 6.09 Å². The molecule has 1 aromatic carbocycles. The van der Waals surface area contributed by atoms with Crippen LogP contribution in [0.25, 0.3) is 0 Å². The minimum absolute atomic E-state index is 0.0625. The van der Waals surface area contributed by atoms with Gasteiger partial charge in [0.15, 0.2) is 0 Å². The Kier molecular flexibility index (Phi) is 7.40. The van der Waals surface area contributed by atoms with Gasteiger partial charge in [0.1, 0.15) is 0 Å². The molecule has 2 aliphatic heterocycles. The summed E-state index contributed by atoms with van der Waals surface area (Å²) in [6.07, 6.45) is 0.716. The molecule has 3 rings (SSSR count). The van der Waals surface area contributed by atoms with E-state index in [-0.39, 0.29) is 29.6 Å². The Morgan fingerprint density at radius 2 is 1.87 bits per heavy atom. The molecule has 0 unspecified atom stereocenters. The third-order valence-electron chi connectivity index (χ3n) is 4.89. The highest BCUT2D eigenvalue weighted by Crippen LogP contribution is 2.18. The average molecular weight is 439 g/mol. The Labute approximate surface area is 175 Å². The molecule has 1 aromatic rings. The SMILES string of the molecule is CCOC(=O)N1CCC(=NNC(=O)c2cccc(S(=O)(=O)N3CCOCC3)c2)CC1. The van der Waals surface area contributed by atoms with Crippen LogP contribution in [0.2, 0.25) is 0 Å². The van der Waals surface area contributed by atoms with Gasteiger partial charge in [-0.1, -0.05) is 6.07 Å². The number of carbonyl (C=O) groups excluding carboxylic acids is 2. The lowest BCUT2D eigenvalue weighted by Gasteiger charge is -2.26. The van der Waals surface area contributed by atoms with Gasteiger partial charge in [0.2, 0.25) is 10.0 Å². The van der Waals surface area contributed by atoms with Crippen LogP contribution >= 0.6 is 0 Å². The highest BCUT2D eigenvalue weighted by atomic mass is 32.2. The Hall–Kier alpha value is -2.50. The Balaban J connectivity index is 1.61. The molecule has 0 radical (unpaired) electrons. The van der Waals surface area contributed by atoms with Gasteiger partial charge in [-0.3, -0.25) is 4.79 Å². The summed E-state index contributed by atoms with van der Waals surface area (Å²) in [5, 5.41) is 4.14. The maximum Gasteiger partial charge on any atom is 0.409 e. The molecule has 0 saturated carbocycles. The van der Waals surface area contributed by atoms with E-state index in [0.29, 0.717) is 45.8 Å². The molecule has 164 valence electrons. The van der Waals surface area contributed by atoms with E-state index in [1.807, 2.05) is 0 Å². The third-order valence-corrected chi connectivity index (χ3v) is 6.78. The number of rotatable bonds is 5. The summed E-state index contributed by atoms with van der Waals surface area (Å²) < 4.78 is 37.1. The number of carbonyl (C=O) groups is 2. The monoisotopic (exact) mass is 438 g/mol. The largest absolute Gasteiger partial charge is 0.450 e. The van der Waals surface area contributed by atoms with E-state index in [2.05, 4.69) is 10.5 Å². The van der Waals surface area contributed by atoms with Crippen molar-refractivity contribution in [3.05, 3.63) is 29.8 Å². The average Bonchev–Trinajstić information content (AvgIpc) is 2.78. The van der Waals surface area contributed by atoms with Crippen molar-refractivity contribution in [2.24, 2.45) is 5.10 Å². The normalized spacial score (nSPS) is 18.0. The molecule has 10 nitrogen and oxygen atoms in total. The Bertz CT molecular complexity index is 901. The highest BCUT2D eigenvalue weighted by Gasteiger charge is 2.27. The van der Waals surface area contributed by atoms with E-state index in [1.165, 1.54) is 28.6 Å². The van der Waals surface area contributed by atoms with Crippen LogP contribution in [0.1, 0.15) is 30.1 Å². The summed E-state index contributed by atoms with van der Waals surface area (Å²) in [6, 6.07) is 5.90. The molecule has 30 heavy (non-hydrogen) atoms. The van der Waals surface area contributed by atoms with Crippen LogP contribution < -0.4 is 5.43 Å². The number of nitrogens with one attached hydrogen (secondary N) is 1. The fraction of sp³-hybridized carbons (Fsp3) is 0.526. The second-order valence-corrected chi connectivity index (χ2v) is 8.79. The van der Waals surface area contributed by atoms with Crippen molar-refractivity contribution >= 4 is 27.7 Å². The molecule has 1 N–H and O–H groups in total. The van der Waals surface area contributed by atoms with Gasteiger partial charge in [0, 0.05) is 50.3 Å². The van der Waals surface area contributed by atoms with Crippen molar-refractivity contribution in [2.75, 3.05) is 46.0 Å². The summed E-state index contributed by atoms with van der Waals surface area (Å²) >= 11 is 0. The summed E-state index contributed by atoms with van der Waals surface area (Å²) in [7, 11) is -3.68. The van der Waals surface area contributed by atoms with Crippen LogP contribution in [0.4, 0.5) is 4.79 Å². The van der Waals surface area contributed by atoms with Crippen molar-refractivity contribution in [1.29, 1.82) is 0 Å². The number of morpholine rings is 1. The molecular formula is C19H26N4O6S. The second-order valence-electron chi connectivity index (χ2n) is 6.85. The zero-order chi connectivity index (χ0) is 21.6. The standard InChI is InChI=1S/C19H26N4O6S/c1-2-29-19(25)22-8-6-16(7-9-22)20-21-18(24)15-4-3-5-17(14-15)30(26,27)23-10-12-28-13-11-23/h3-5,14H,2,6-13H2,1H3,(H,21,24). The lowest BCUT2D eigenvalue weighted by molar-refractivity contribution is 0.0730. The molecule has 0 spiro atoms. The maximum atomic E-state index is 12.8. The fourth-order valence-electron chi connectivity index (χ4n) is 3.20. The number of amides is 2. The number of ether oxygens (including phenoxy) is 2. The number of likely N-dealkylation sites (tertiary alicyclic amines) is 1. The zero-order valence-corrected chi connectivity index (χ0v) is 17.7. The van der Waals surface area contributed by atoms with Crippen molar-refractivity contribution in [1.82, 2.24) is 14.6 Å². The van der Waals surface area contributed by atoms with Gasteiger partial charge in [-0.2, -0.15) is 9.41 Å². The van der Waals surface area contributed by atoms with E-state index < -0.39 is 15.9 Å². The summed E-state index contributed by atoms with van der Waals surface area (Å²) in [5.41, 5.74) is 3.45. The number of hydrogen-bond donors (Lipinski definition) is 1. The molecule has 2 amide bonds. The summed E-state index contributed by atoms with van der Waals surface area (Å²) in [4.78, 5) is 25.9. The highest BCUT2D eigenvalue weighted by molar-refractivity contribution is 7.89. The van der Waals surface area contributed by atoms with Gasteiger partial charge in [-0.15, -0.1) is 0 Å². The molecule has 2 saturated heterocycles.